The Balaban J connectivity index is 0.00000169. The highest BCUT2D eigenvalue weighted by molar-refractivity contribution is 6.05. The van der Waals surface area contributed by atoms with E-state index in [2.05, 4.69) is 34.6 Å². The van der Waals surface area contributed by atoms with E-state index in [0.717, 1.165) is 36.2 Å². The number of fused-ring (bicyclic) bond motifs is 1. The number of carbonyl (C=O) groups is 1. The third-order valence-corrected chi connectivity index (χ3v) is 4.67. The monoisotopic (exact) mass is 401 g/mol. The second-order valence-corrected chi connectivity index (χ2v) is 6.99. The van der Waals surface area contributed by atoms with Gasteiger partial charge in [-0.2, -0.15) is 5.10 Å². The van der Waals surface area contributed by atoms with E-state index in [4.69, 9.17) is 0 Å². The Hall–Kier alpha value is -1.37. The first-order chi connectivity index (χ1) is 11.6. The largest absolute Gasteiger partial charge is 0.352 e. The van der Waals surface area contributed by atoms with Crippen molar-refractivity contribution in [3.63, 3.8) is 0 Å². The van der Waals surface area contributed by atoms with Crippen molar-refractivity contribution in [3.05, 3.63) is 23.5 Å². The van der Waals surface area contributed by atoms with Crippen molar-refractivity contribution in [2.24, 2.45) is 5.92 Å². The smallest absolute Gasteiger partial charge is 0.252 e. The Morgan fingerprint density at radius 3 is 2.85 bits per heavy atom. The van der Waals surface area contributed by atoms with E-state index < -0.39 is 0 Å². The molecule has 1 amide bonds. The lowest BCUT2D eigenvalue weighted by atomic mass is 9.96. The van der Waals surface area contributed by atoms with Gasteiger partial charge in [-0.15, -0.1) is 24.8 Å². The van der Waals surface area contributed by atoms with Gasteiger partial charge in [0.15, 0.2) is 5.65 Å². The number of amides is 1. The molecule has 0 spiro atoms. The van der Waals surface area contributed by atoms with Gasteiger partial charge in [0.25, 0.3) is 5.91 Å². The van der Waals surface area contributed by atoms with Crippen LogP contribution in [0.4, 0.5) is 0 Å². The van der Waals surface area contributed by atoms with Gasteiger partial charge in [-0.25, -0.2) is 9.67 Å². The summed E-state index contributed by atoms with van der Waals surface area (Å²) in [6.45, 7) is 8.95. The molecule has 2 aromatic rings. The summed E-state index contributed by atoms with van der Waals surface area (Å²) in [6.07, 6.45) is 5.26. The van der Waals surface area contributed by atoms with E-state index in [9.17, 15) is 4.79 Å². The maximum Gasteiger partial charge on any atom is 0.252 e. The molecule has 2 N–H and O–H groups in total. The highest BCUT2D eigenvalue weighted by Gasteiger charge is 2.17. The van der Waals surface area contributed by atoms with Crippen LogP contribution in [0.25, 0.3) is 11.0 Å². The standard InChI is InChI=1S/C18H27N5O.2ClH/c1-12(2)23-17-16(11-21-23)15(9-13(3)22-17)18(24)20-8-6-14-5-4-7-19-10-14;;/h9,11-12,14,19H,4-8,10H2,1-3H3,(H,20,24);2*1H. The first kappa shape index (κ1) is 22.7. The number of rotatable bonds is 5. The molecule has 26 heavy (non-hydrogen) atoms. The van der Waals surface area contributed by atoms with Crippen molar-refractivity contribution < 1.29 is 4.79 Å². The number of hydrogen-bond donors (Lipinski definition) is 2. The van der Waals surface area contributed by atoms with Crippen LogP contribution in [0.2, 0.25) is 0 Å². The van der Waals surface area contributed by atoms with Gasteiger partial charge in [0.05, 0.1) is 17.1 Å². The summed E-state index contributed by atoms with van der Waals surface area (Å²) in [5.41, 5.74) is 2.30. The van der Waals surface area contributed by atoms with E-state index in [0.29, 0.717) is 18.0 Å². The molecule has 1 aliphatic rings. The number of nitrogens with zero attached hydrogens (tertiary/aromatic N) is 3. The maximum atomic E-state index is 12.6. The summed E-state index contributed by atoms with van der Waals surface area (Å²) in [5, 5.41) is 11.7. The van der Waals surface area contributed by atoms with Crippen LogP contribution in [-0.2, 0) is 0 Å². The van der Waals surface area contributed by atoms with Crippen molar-refractivity contribution >= 4 is 41.8 Å². The Labute approximate surface area is 167 Å². The lowest BCUT2D eigenvalue weighted by molar-refractivity contribution is 0.0952. The van der Waals surface area contributed by atoms with Gasteiger partial charge in [-0.1, -0.05) is 0 Å². The normalized spacial score (nSPS) is 16.8. The lowest BCUT2D eigenvalue weighted by Crippen LogP contribution is -2.33. The van der Waals surface area contributed by atoms with Crippen LogP contribution < -0.4 is 10.6 Å². The fourth-order valence-corrected chi connectivity index (χ4v) is 3.36. The van der Waals surface area contributed by atoms with Crippen molar-refractivity contribution in [1.82, 2.24) is 25.4 Å². The highest BCUT2D eigenvalue weighted by Crippen LogP contribution is 2.21. The van der Waals surface area contributed by atoms with Gasteiger partial charge in [0, 0.05) is 18.3 Å². The van der Waals surface area contributed by atoms with E-state index in [-0.39, 0.29) is 36.8 Å². The SMILES string of the molecule is Cc1cc(C(=O)NCCC2CCCNC2)c2cnn(C(C)C)c2n1.Cl.Cl. The molecule has 1 fully saturated rings. The van der Waals surface area contributed by atoms with Crippen LogP contribution in [0, 0.1) is 12.8 Å². The first-order valence-corrected chi connectivity index (χ1v) is 8.90. The average molecular weight is 402 g/mol. The molecule has 146 valence electrons. The zero-order valence-corrected chi connectivity index (χ0v) is 17.3. The molecule has 3 rings (SSSR count). The number of aryl methyl sites for hydroxylation is 1. The third-order valence-electron chi connectivity index (χ3n) is 4.67. The van der Waals surface area contributed by atoms with Gasteiger partial charge >= 0.3 is 0 Å². The second-order valence-electron chi connectivity index (χ2n) is 6.99. The minimum Gasteiger partial charge on any atom is -0.352 e. The van der Waals surface area contributed by atoms with Crippen LogP contribution in [0.5, 0.6) is 0 Å². The predicted octanol–water partition coefficient (Wildman–Crippen LogP) is 3.28. The van der Waals surface area contributed by atoms with Crippen molar-refractivity contribution in [3.8, 4) is 0 Å². The second kappa shape index (κ2) is 10.1. The van der Waals surface area contributed by atoms with Gasteiger partial charge in [-0.3, -0.25) is 4.79 Å². The molecular weight excluding hydrogens is 373 g/mol. The minimum absolute atomic E-state index is 0. The van der Waals surface area contributed by atoms with Crippen LogP contribution in [0.15, 0.2) is 12.3 Å². The molecule has 0 radical (unpaired) electrons. The third kappa shape index (κ3) is 5.09. The van der Waals surface area contributed by atoms with E-state index >= 15 is 0 Å². The lowest BCUT2D eigenvalue weighted by Gasteiger charge is -2.22. The Morgan fingerprint density at radius 2 is 2.19 bits per heavy atom. The molecule has 1 saturated heterocycles. The molecular formula is C18H29Cl2N5O. The first-order valence-electron chi connectivity index (χ1n) is 8.90. The van der Waals surface area contributed by atoms with Gasteiger partial charge in [0.2, 0.25) is 0 Å². The molecule has 0 aliphatic carbocycles. The summed E-state index contributed by atoms with van der Waals surface area (Å²) < 4.78 is 1.87. The summed E-state index contributed by atoms with van der Waals surface area (Å²) in [6, 6.07) is 2.07. The van der Waals surface area contributed by atoms with E-state index in [1.54, 1.807) is 6.20 Å². The van der Waals surface area contributed by atoms with E-state index in [1.807, 2.05) is 17.7 Å². The average Bonchev–Trinajstić information content (AvgIpc) is 2.98. The maximum absolute atomic E-state index is 12.6. The summed E-state index contributed by atoms with van der Waals surface area (Å²) in [7, 11) is 0. The summed E-state index contributed by atoms with van der Waals surface area (Å²) >= 11 is 0. The number of aromatic nitrogens is 3. The number of carbonyl (C=O) groups excluding carboxylic acids is 1. The van der Waals surface area contributed by atoms with Crippen molar-refractivity contribution in [2.45, 2.75) is 46.1 Å². The minimum atomic E-state index is -0.0300. The number of pyridine rings is 1. The number of hydrogen-bond acceptors (Lipinski definition) is 4. The zero-order chi connectivity index (χ0) is 17.1. The molecule has 8 heteroatoms. The topological polar surface area (TPSA) is 71.8 Å². The molecule has 2 aromatic heterocycles. The Bertz CT molecular complexity index is 726. The predicted molar refractivity (Wildman–Crippen MR) is 110 cm³/mol. The van der Waals surface area contributed by atoms with Crippen molar-refractivity contribution in [2.75, 3.05) is 19.6 Å². The molecule has 1 unspecified atom stereocenters. The fourth-order valence-electron chi connectivity index (χ4n) is 3.36. The molecule has 1 aliphatic heterocycles. The van der Waals surface area contributed by atoms with Gasteiger partial charge in [0.1, 0.15) is 0 Å². The number of piperidine rings is 1. The van der Waals surface area contributed by atoms with Gasteiger partial charge < -0.3 is 10.6 Å². The highest BCUT2D eigenvalue weighted by atomic mass is 35.5. The number of halogens is 2. The van der Waals surface area contributed by atoms with Crippen LogP contribution in [0.1, 0.15) is 55.2 Å². The molecule has 0 bridgehead atoms. The van der Waals surface area contributed by atoms with Crippen LogP contribution in [0.3, 0.4) is 0 Å². The molecule has 6 nitrogen and oxygen atoms in total. The summed E-state index contributed by atoms with van der Waals surface area (Å²) in [4.78, 5) is 17.2. The van der Waals surface area contributed by atoms with Crippen LogP contribution >= 0.6 is 24.8 Å². The summed E-state index contributed by atoms with van der Waals surface area (Å²) in [5.74, 6) is 0.638. The zero-order valence-electron chi connectivity index (χ0n) is 15.6. The van der Waals surface area contributed by atoms with E-state index in [1.165, 1.54) is 12.8 Å². The molecule has 1 atom stereocenters. The molecule has 3 heterocycles. The molecule has 0 aromatic carbocycles. The molecule has 0 saturated carbocycles. The van der Waals surface area contributed by atoms with Gasteiger partial charge in [-0.05, 0) is 65.1 Å². The number of nitrogens with one attached hydrogen (secondary N) is 2. The quantitative estimate of drug-likeness (QED) is 0.805. The Morgan fingerprint density at radius 1 is 1.42 bits per heavy atom. The Kier molecular flexibility index (Phi) is 8.80. The van der Waals surface area contributed by atoms with Crippen molar-refractivity contribution in [1.29, 1.82) is 0 Å². The van der Waals surface area contributed by atoms with Crippen LogP contribution in [-0.4, -0.2) is 40.3 Å². The fraction of sp³-hybridized carbons (Fsp3) is 0.611.